The number of ether oxygens (including phenoxy) is 1. The molecule has 0 N–H and O–H groups in total. The van der Waals surface area contributed by atoms with Gasteiger partial charge in [-0.25, -0.2) is 4.79 Å². The van der Waals surface area contributed by atoms with Crippen LogP contribution in [0.3, 0.4) is 0 Å². The molecular weight excluding hydrogens is 320 g/mol. The van der Waals surface area contributed by atoms with Gasteiger partial charge in [0.15, 0.2) is 0 Å². The van der Waals surface area contributed by atoms with Gasteiger partial charge in [-0.15, -0.1) is 0 Å². The van der Waals surface area contributed by atoms with Crippen LogP contribution in [0.25, 0.3) is 11.1 Å². The number of aryl methyl sites for hydroxylation is 4. The topological polar surface area (TPSA) is 26.3 Å². The smallest absolute Gasteiger partial charge is 0.338 e. The fourth-order valence-corrected chi connectivity index (χ4v) is 3.05. The van der Waals surface area contributed by atoms with Crippen LogP contribution in [0, 0.1) is 13.8 Å². The van der Waals surface area contributed by atoms with Gasteiger partial charge in [0.2, 0.25) is 0 Å². The molecule has 0 amide bonds. The third-order valence-corrected chi connectivity index (χ3v) is 4.67. The molecule has 0 atom stereocenters. The van der Waals surface area contributed by atoms with Crippen molar-refractivity contribution in [1.82, 2.24) is 0 Å². The van der Waals surface area contributed by atoms with E-state index in [0.29, 0.717) is 5.56 Å². The second-order valence-corrected chi connectivity index (χ2v) is 6.72. The molecule has 132 valence electrons. The molecule has 0 aliphatic heterocycles. The van der Waals surface area contributed by atoms with Crippen LogP contribution in [-0.2, 0) is 17.6 Å². The first kappa shape index (κ1) is 17.9. The molecule has 26 heavy (non-hydrogen) atoms. The average Bonchev–Trinajstić information content (AvgIpc) is 2.67. The summed E-state index contributed by atoms with van der Waals surface area (Å²) in [5.41, 5.74) is 7.59. The van der Waals surface area contributed by atoms with Crippen LogP contribution in [0.15, 0.2) is 66.7 Å². The van der Waals surface area contributed by atoms with Gasteiger partial charge in [0.1, 0.15) is 0 Å². The van der Waals surface area contributed by atoms with E-state index in [-0.39, 0.29) is 5.97 Å². The van der Waals surface area contributed by atoms with Crippen molar-refractivity contribution in [2.75, 3.05) is 7.11 Å². The van der Waals surface area contributed by atoms with Crippen molar-refractivity contribution in [3.8, 4) is 11.1 Å². The van der Waals surface area contributed by atoms with Crippen LogP contribution >= 0.6 is 0 Å². The normalized spacial score (nSPS) is 10.6. The zero-order valence-corrected chi connectivity index (χ0v) is 15.6. The van der Waals surface area contributed by atoms with E-state index in [2.05, 4.69) is 68.4 Å². The molecule has 2 nitrogen and oxygen atoms in total. The molecule has 0 saturated carbocycles. The third-order valence-electron chi connectivity index (χ3n) is 4.67. The van der Waals surface area contributed by atoms with Gasteiger partial charge in [-0.2, -0.15) is 0 Å². The van der Waals surface area contributed by atoms with Gasteiger partial charge in [0.05, 0.1) is 12.7 Å². The van der Waals surface area contributed by atoms with Gasteiger partial charge in [-0.3, -0.25) is 0 Å². The maximum atomic E-state index is 12.2. The van der Waals surface area contributed by atoms with Crippen molar-refractivity contribution >= 4 is 5.97 Å². The maximum absolute atomic E-state index is 12.2. The quantitative estimate of drug-likeness (QED) is 0.568. The number of carbonyl (C=O) groups is 1. The second kappa shape index (κ2) is 8.01. The number of hydrogen-bond donors (Lipinski definition) is 0. The SMILES string of the molecule is COC(=O)c1ccc(CCc2ccc(C)cc2)cc1-c1ccc(C)cc1. The largest absolute Gasteiger partial charge is 0.465 e. The van der Waals surface area contributed by atoms with Crippen LogP contribution in [0.4, 0.5) is 0 Å². The number of methoxy groups -OCH3 is 1. The van der Waals surface area contributed by atoms with Gasteiger partial charge in [0, 0.05) is 0 Å². The monoisotopic (exact) mass is 344 g/mol. The van der Waals surface area contributed by atoms with E-state index >= 15 is 0 Å². The van der Waals surface area contributed by atoms with Crippen LogP contribution in [0.5, 0.6) is 0 Å². The van der Waals surface area contributed by atoms with E-state index in [9.17, 15) is 4.79 Å². The first-order valence-corrected chi connectivity index (χ1v) is 8.90. The van der Waals surface area contributed by atoms with Gasteiger partial charge < -0.3 is 4.74 Å². The average molecular weight is 344 g/mol. The molecule has 3 rings (SSSR count). The molecule has 3 aromatic rings. The molecule has 3 aromatic carbocycles. The molecule has 0 radical (unpaired) electrons. The van der Waals surface area contributed by atoms with Crippen molar-refractivity contribution in [1.29, 1.82) is 0 Å². The van der Waals surface area contributed by atoms with Crippen molar-refractivity contribution in [2.24, 2.45) is 0 Å². The summed E-state index contributed by atoms with van der Waals surface area (Å²) in [6.45, 7) is 4.16. The molecule has 0 aliphatic carbocycles. The summed E-state index contributed by atoms with van der Waals surface area (Å²) < 4.78 is 4.96. The van der Waals surface area contributed by atoms with Crippen LogP contribution in [-0.4, -0.2) is 13.1 Å². The Morgan fingerprint density at radius 1 is 0.769 bits per heavy atom. The molecule has 0 heterocycles. The minimum absolute atomic E-state index is 0.300. The molecule has 0 unspecified atom stereocenters. The zero-order valence-electron chi connectivity index (χ0n) is 15.6. The first-order valence-electron chi connectivity index (χ1n) is 8.90. The van der Waals surface area contributed by atoms with E-state index < -0.39 is 0 Å². The lowest BCUT2D eigenvalue weighted by Gasteiger charge is -2.11. The predicted molar refractivity (Wildman–Crippen MR) is 107 cm³/mol. The van der Waals surface area contributed by atoms with Crippen molar-refractivity contribution in [3.05, 3.63) is 94.5 Å². The molecule has 2 heteroatoms. The van der Waals surface area contributed by atoms with Crippen LogP contribution < -0.4 is 0 Å². The number of esters is 1. The fraction of sp³-hybridized carbons (Fsp3) is 0.208. The molecule has 0 saturated heterocycles. The molecule has 0 fully saturated rings. The van der Waals surface area contributed by atoms with Gasteiger partial charge in [-0.05, 0) is 55.0 Å². The number of rotatable bonds is 5. The van der Waals surface area contributed by atoms with Crippen LogP contribution in [0.2, 0.25) is 0 Å². The Bertz CT molecular complexity index is 890. The summed E-state index contributed by atoms with van der Waals surface area (Å²) in [6, 6.07) is 22.9. The Balaban J connectivity index is 1.90. The lowest BCUT2D eigenvalue weighted by atomic mass is 9.94. The van der Waals surface area contributed by atoms with Crippen molar-refractivity contribution in [3.63, 3.8) is 0 Å². The first-order chi connectivity index (χ1) is 12.6. The molecule has 0 aromatic heterocycles. The highest BCUT2D eigenvalue weighted by Gasteiger charge is 2.14. The number of benzene rings is 3. The lowest BCUT2D eigenvalue weighted by molar-refractivity contribution is 0.0601. The summed E-state index contributed by atoms with van der Waals surface area (Å²) >= 11 is 0. The number of hydrogen-bond acceptors (Lipinski definition) is 2. The van der Waals surface area contributed by atoms with Gasteiger partial charge in [0.25, 0.3) is 0 Å². The standard InChI is InChI=1S/C24H24O2/c1-17-4-8-19(9-5-17)10-11-20-12-15-22(24(25)26-3)23(16-20)21-13-6-18(2)7-14-21/h4-9,12-16H,10-11H2,1-3H3. The van der Waals surface area contributed by atoms with Gasteiger partial charge in [-0.1, -0.05) is 71.8 Å². The van der Waals surface area contributed by atoms with Crippen LogP contribution in [0.1, 0.15) is 32.6 Å². The molecule has 0 aliphatic rings. The molecular formula is C24H24O2. The Kier molecular flexibility index (Phi) is 5.52. The second-order valence-electron chi connectivity index (χ2n) is 6.72. The van der Waals surface area contributed by atoms with E-state index in [1.165, 1.54) is 29.4 Å². The van der Waals surface area contributed by atoms with Gasteiger partial charge >= 0.3 is 5.97 Å². The van der Waals surface area contributed by atoms with E-state index in [4.69, 9.17) is 4.74 Å². The lowest BCUT2D eigenvalue weighted by Crippen LogP contribution is -2.04. The Morgan fingerprint density at radius 3 is 1.92 bits per heavy atom. The molecule has 0 spiro atoms. The highest BCUT2D eigenvalue weighted by atomic mass is 16.5. The fourth-order valence-electron chi connectivity index (χ4n) is 3.05. The molecule has 0 bridgehead atoms. The minimum Gasteiger partial charge on any atom is -0.465 e. The summed E-state index contributed by atoms with van der Waals surface area (Å²) in [5, 5.41) is 0. The highest BCUT2D eigenvalue weighted by Crippen LogP contribution is 2.27. The predicted octanol–water partition coefficient (Wildman–Crippen LogP) is 5.54. The number of carbonyl (C=O) groups excluding carboxylic acids is 1. The zero-order chi connectivity index (χ0) is 18.5. The summed E-state index contributed by atoms with van der Waals surface area (Å²) in [4.78, 5) is 12.2. The Morgan fingerprint density at radius 2 is 1.31 bits per heavy atom. The third kappa shape index (κ3) is 4.20. The van der Waals surface area contributed by atoms with Crippen molar-refractivity contribution in [2.45, 2.75) is 26.7 Å². The van der Waals surface area contributed by atoms with E-state index in [1.807, 2.05) is 12.1 Å². The minimum atomic E-state index is -0.300. The Labute approximate surface area is 155 Å². The summed E-state index contributed by atoms with van der Waals surface area (Å²) in [7, 11) is 1.42. The summed E-state index contributed by atoms with van der Waals surface area (Å²) in [5.74, 6) is -0.300. The maximum Gasteiger partial charge on any atom is 0.338 e. The van der Waals surface area contributed by atoms with E-state index in [1.54, 1.807) is 0 Å². The van der Waals surface area contributed by atoms with Crippen molar-refractivity contribution < 1.29 is 9.53 Å². The summed E-state index contributed by atoms with van der Waals surface area (Å²) in [6.07, 6.45) is 1.91. The van der Waals surface area contributed by atoms with E-state index in [0.717, 1.165) is 24.0 Å². The highest BCUT2D eigenvalue weighted by molar-refractivity contribution is 5.97. The Hall–Kier alpha value is -2.87.